The van der Waals surface area contributed by atoms with Crippen molar-refractivity contribution in [3.8, 4) is 0 Å². The molecule has 0 saturated heterocycles. The Kier molecular flexibility index (Phi) is 5.43. The molecular formula is C10H20N4O2S. The van der Waals surface area contributed by atoms with Gasteiger partial charge in [-0.25, -0.2) is 8.42 Å². The third kappa shape index (κ3) is 5.18. The average molecular weight is 260 g/mol. The normalized spacial score (nSPS) is 11.6. The summed E-state index contributed by atoms with van der Waals surface area (Å²) < 4.78 is 27.5. The highest BCUT2D eigenvalue weighted by molar-refractivity contribution is 7.92. The van der Waals surface area contributed by atoms with E-state index in [0.717, 1.165) is 19.5 Å². The molecule has 1 aromatic rings. The predicted molar refractivity (Wildman–Crippen MR) is 68.5 cm³/mol. The molecule has 0 aliphatic rings. The Morgan fingerprint density at radius 1 is 1.35 bits per heavy atom. The molecule has 0 aliphatic heterocycles. The van der Waals surface area contributed by atoms with Crippen LogP contribution in [-0.4, -0.2) is 37.0 Å². The monoisotopic (exact) mass is 260 g/mol. The van der Waals surface area contributed by atoms with Gasteiger partial charge in [0.25, 0.3) is 0 Å². The fourth-order valence-corrected chi connectivity index (χ4v) is 2.31. The number of rotatable bonds is 8. The van der Waals surface area contributed by atoms with E-state index in [9.17, 15) is 8.42 Å². The number of nitrogens with zero attached hydrogens (tertiary/aromatic N) is 2. The Bertz CT molecular complexity index is 427. The van der Waals surface area contributed by atoms with Crippen molar-refractivity contribution in [3.05, 3.63) is 12.4 Å². The van der Waals surface area contributed by atoms with Gasteiger partial charge in [-0.05, 0) is 19.9 Å². The third-order valence-electron chi connectivity index (χ3n) is 2.20. The number of anilines is 1. The van der Waals surface area contributed by atoms with E-state index in [1.807, 2.05) is 13.8 Å². The summed E-state index contributed by atoms with van der Waals surface area (Å²) in [6.07, 6.45) is 4.19. The first-order valence-corrected chi connectivity index (χ1v) is 7.46. The van der Waals surface area contributed by atoms with Crippen molar-refractivity contribution in [2.75, 3.05) is 23.6 Å². The molecule has 0 aromatic carbocycles. The van der Waals surface area contributed by atoms with E-state index in [1.54, 1.807) is 10.9 Å². The number of aromatic nitrogens is 2. The second-order valence-electron chi connectivity index (χ2n) is 3.76. The van der Waals surface area contributed by atoms with Crippen LogP contribution in [0.5, 0.6) is 0 Å². The molecule has 98 valence electrons. The first kappa shape index (κ1) is 14.0. The van der Waals surface area contributed by atoms with Gasteiger partial charge in [0.1, 0.15) is 0 Å². The Morgan fingerprint density at radius 2 is 2.12 bits per heavy atom. The van der Waals surface area contributed by atoms with Crippen LogP contribution in [0, 0.1) is 0 Å². The third-order valence-corrected chi connectivity index (χ3v) is 3.49. The van der Waals surface area contributed by atoms with E-state index < -0.39 is 10.0 Å². The van der Waals surface area contributed by atoms with Gasteiger partial charge in [0.05, 0.1) is 17.6 Å². The van der Waals surface area contributed by atoms with Crippen molar-refractivity contribution in [1.29, 1.82) is 0 Å². The van der Waals surface area contributed by atoms with Crippen LogP contribution in [-0.2, 0) is 16.6 Å². The molecule has 0 aliphatic carbocycles. The molecule has 0 amide bonds. The van der Waals surface area contributed by atoms with Crippen LogP contribution in [0.4, 0.5) is 5.69 Å². The minimum Gasteiger partial charge on any atom is -0.316 e. The minimum atomic E-state index is -3.28. The lowest BCUT2D eigenvalue weighted by Gasteiger charge is -2.06. The quantitative estimate of drug-likeness (QED) is 0.673. The maximum Gasteiger partial charge on any atom is 0.234 e. The van der Waals surface area contributed by atoms with Gasteiger partial charge < -0.3 is 5.32 Å². The van der Waals surface area contributed by atoms with Gasteiger partial charge in [0, 0.05) is 19.3 Å². The Hall–Kier alpha value is -1.08. The van der Waals surface area contributed by atoms with E-state index in [1.165, 1.54) is 6.20 Å². The number of nitrogens with one attached hydrogen (secondary N) is 2. The summed E-state index contributed by atoms with van der Waals surface area (Å²) in [5.74, 6) is 0.0737. The van der Waals surface area contributed by atoms with Crippen LogP contribution in [0.3, 0.4) is 0 Å². The van der Waals surface area contributed by atoms with Crippen LogP contribution in [0.1, 0.15) is 20.3 Å². The summed E-state index contributed by atoms with van der Waals surface area (Å²) in [5.41, 5.74) is 0.516. The summed E-state index contributed by atoms with van der Waals surface area (Å²) in [5, 5.41) is 7.06. The van der Waals surface area contributed by atoms with Crippen LogP contribution < -0.4 is 10.0 Å². The van der Waals surface area contributed by atoms with Crippen LogP contribution in [0.2, 0.25) is 0 Å². The molecule has 7 heteroatoms. The average Bonchev–Trinajstić information content (AvgIpc) is 2.71. The lowest BCUT2D eigenvalue weighted by Crippen LogP contribution is -2.27. The molecule has 2 N–H and O–H groups in total. The fourth-order valence-electron chi connectivity index (χ4n) is 1.33. The van der Waals surface area contributed by atoms with E-state index in [2.05, 4.69) is 15.1 Å². The Morgan fingerprint density at radius 3 is 2.71 bits per heavy atom. The maximum atomic E-state index is 11.7. The number of sulfonamides is 1. The van der Waals surface area contributed by atoms with Crippen molar-refractivity contribution < 1.29 is 8.42 Å². The van der Waals surface area contributed by atoms with Crippen molar-refractivity contribution in [2.45, 2.75) is 26.8 Å². The first-order valence-electron chi connectivity index (χ1n) is 5.81. The van der Waals surface area contributed by atoms with E-state index in [4.69, 9.17) is 0 Å². The molecule has 1 aromatic heterocycles. The highest BCUT2D eigenvalue weighted by Gasteiger charge is 2.10. The SMILES string of the molecule is CCCNCCS(=O)(=O)Nc1cnn(CC)c1. The van der Waals surface area contributed by atoms with Crippen molar-refractivity contribution in [2.24, 2.45) is 0 Å². The topological polar surface area (TPSA) is 76.0 Å². The molecule has 1 heterocycles. The second-order valence-corrected chi connectivity index (χ2v) is 5.60. The summed E-state index contributed by atoms with van der Waals surface area (Å²) in [7, 11) is -3.28. The lowest BCUT2D eigenvalue weighted by atomic mass is 10.5. The summed E-state index contributed by atoms with van der Waals surface area (Å²) >= 11 is 0. The molecular weight excluding hydrogens is 240 g/mol. The van der Waals surface area contributed by atoms with Gasteiger partial charge >= 0.3 is 0 Å². The first-order chi connectivity index (χ1) is 8.07. The Labute approximate surface area is 102 Å². The number of hydrogen-bond acceptors (Lipinski definition) is 4. The molecule has 0 bridgehead atoms. The van der Waals surface area contributed by atoms with Gasteiger partial charge in [-0.3, -0.25) is 9.40 Å². The van der Waals surface area contributed by atoms with Crippen molar-refractivity contribution in [1.82, 2.24) is 15.1 Å². The second kappa shape index (κ2) is 6.61. The summed E-state index contributed by atoms with van der Waals surface area (Å²) in [6, 6.07) is 0. The molecule has 0 spiro atoms. The zero-order valence-electron chi connectivity index (χ0n) is 10.3. The van der Waals surface area contributed by atoms with Gasteiger partial charge in [0.2, 0.25) is 10.0 Å². The van der Waals surface area contributed by atoms with Gasteiger partial charge in [0.15, 0.2) is 0 Å². The summed E-state index contributed by atoms with van der Waals surface area (Å²) in [6.45, 7) is 6.01. The molecule has 0 atom stereocenters. The maximum absolute atomic E-state index is 11.7. The lowest BCUT2D eigenvalue weighted by molar-refractivity contribution is 0.595. The number of hydrogen-bond donors (Lipinski definition) is 2. The largest absolute Gasteiger partial charge is 0.316 e. The Balaban J connectivity index is 2.43. The highest BCUT2D eigenvalue weighted by Crippen LogP contribution is 2.07. The number of aryl methyl sites for hydroxylation is 1. The highest BCUT2D eigenvalue weighted by atomic mass is 32.2. The van der Waals surface area contributed by atoms with Crippen LogP contribution in [0.25, 0.3) is 0 Å². The predicted octanol–water partition coefficient (Wildman–Crippen LogP) is 0.644. The molecule has 6 nitrogen and oxygen atoms in total. The van der Waals surface area contributed by atoms with Gasteiger partial charge in [-0.15, -0.1) is 0 Å². The van der Waals surface area contributed by atoms with Crippen LogP contribution in [0.15, 0.2) is 12.4 Å². The zero-order chi connectivity index (χ0) is 12.7. The van der Waals surface area contributed by atoms with Crippen molar-refractivity contribution in [3.63, 3.8) is 0 Å². The fraction of sp³-hybridized carbons (Fsp3) is 0.700. The van der Waals surface area contributed by atoms with E-state index in [0.29, 0.717) is 12.2 Å². The van der Waals surface area contributed by atoms with Gasteiger partial charge in [-0.1, -0.05) is 6.92 Å². The molecule has 0 saturated carbocycles. The van der Waals surface area contributed by atoms with Gasteiger partial charge in [-0.2, -0.15) is 5.10 Å². The smallest absolute Gasteiger partial charge is 0.234 e. The zero-order valence-corrected chi connectivity index (χ0v) is 11.1. The van der Waals surface area contributed by atoms with E-state index >= 15 is 0 Å². The van der Waals surface area contributed by atoms with Crippen LogP contribution >= 0.6 is 0 Å². The molecule has 0 fully saturated rings. The molecule has 0 unspecified atom stereocenters. The molecule has 17 heavy (non-hydrogen) atoms. The molecule has 1 rings (SSSR count). The molecule has 0 radical (unpaired) electrons. The minimum absolute atomic E-state index is 0.0737. The van der Waals surface area contributed by atoms with E-state index in [-0.39, 0.29) is 5.75 Å². The van der Waals surface area contributed by atoms with Crippen molar-refractivity contribution >= 4 is 15.7 Å². The summed E-state index contributed by atoms with van der Waals surface area (Å²) in [4.78, 5) is 0. The standard InChI is InChI=1S/C10H20N4O2S/c1-3-5-11-6-7-17(15,16)13-10-8-12-14(4-2)9-10/h8-9,11,13H,3-7H2,1-2H3.